The van der Waals surface area contributed by atoms with E-state index in [9.17, 15) is 9.59 Å². The summed E-state index contributed by atoms with van der Waals surface area (Å²) in [6, 6.07) is 4.13. The predicted molar refractivity (Wildman–Crippen MR) is 92.2 cm³/mol. The van der Waals surface area contributed by atoms with Crippen LogP contribution >= 0.6 is 11.3 Å². The highest BCUT2D eigenvalue weighted by atomic mass is 32.1. The third kappa shape index (κ3) is 5.84. The van der Waals surface area contributed by atoms with E-state index >= 15 is 0 Å². The fourth-order valence-corrected chi connectivity index (χ4v) is 3.64. The van der Waals surface area contributed by atoms with Crippen molar-refractivity contribution in [3.05, 3.63) is 22.4 Å². The first-order chi connectivity index (χ1) is 11.1. The van der Waals surface area contributed by atoms with Gasteiger partial charge in [0.2, 0.25) is 5.91 Å². The van der Waals surface area contributed by atoms with Gasteiger partial charge in [0, 0.05) is 24.4 Å². The van der Waals surface area contributed by atoms with Crippen LogP contribution in [-0.2, 0) is 4.79 Å². The number of rotatable bonds is 7. The minimum absolute atomic E-state index is 0.159. The van der Waals surface area contributed by atoms with E-state index in [4.69, 9.17) is 5.73 Å². The standard InChI is InChI=1S/C16H26N4O2S/c1-12-5-8-20(9-6-12)13(14-3-2-10-23-14)11-19-16(22)18-7-4-15(17)21/h2-3,10,12-13H,4-9,11H2,1H3,(H2,17,21)(H2,18,19,22). The molecule has 0 radical (unpaired) electrons. The molecule has 1 fully saturated rings. The third-order valence-corrected chi connectivity index (χ3v) is 5.22. The van der Waals surface area contributed by atoms with E-state index in [0.717, 1.165) is 19.0 Å². The number of piperidine rings is 1. The number of carbonyl (C=O) groups excluding carboxylic acids is 2. The Kier molecular flexibility index (Phi) is 6.85. The van der Waals surface area contributed by atoms with Gasteiger partial charge < -0.3 is 16.4 Å². The molecule has 23 heavy (non-hydrogen) atoms. The fourth-order valence-electron chi connectivity index (χ4n) is 2.78. The van der Waals surface area contributed by atoms with Crippen LogP contribution in [0.3, 0.4) is 0 Å². The number of nitrogens with one attached hydrogen (secondary N) is 2. The molecule has 0 aromatic carbocycles. The molecule has 6 nitrogen and oxygen atoms in total. The summed E-state index contributed by atoms with van der Waals surface area (Å²) in [5.74, 6) is 0.365. The van der Waals surface area contributed by atoms with Crippen molar-refractivity contribution < 1.29 is 9.59 Å². The van der Waals surface area contributed by atoms with Crippen molar-refractivity contribution in [2.24, 2.45) is 11.7 Å². The van der Waals surface area contributed by atoms with Gasteiger partial charge in [-0.3, -0.25) is 9.69 Å². The van der Waals surface area contributed by atoms with Gasteiger partial charge in [0.15, 0.2) is 0 Å². The predicted octanol–water partition coefficient (Wildman–Crippen LogP) is 1.70. The van der Waals surface area contributed by atoms with Crippen LogP contribution in [0, 0.1) is 5.92 Å². The number of primary amides is 1. The van der Waals surface area contributed by atoms with E-state index in [1.165, 1.54) is 17.7 Å². The monoisotopic (exact) mass is 338 g/mol. The zero-order chi connectivity index (χ0) is 16.7. The second kappa shape index (κ2) is 8.88. The Labute approximate surface area is 141 Å². The van der Waals surface area contributed by atoms with Crippen molar-refractivity contribution in [2.45, 2.75) is 32.2 Å². The summed E-state index contributed by atoms with van der Waals surface area (Å²) in [5.41, 5.74) is 5.06. The van der Waals surface area contributed by atoms with Gasteiger partial charge in [0.05, 0.1) is 6.04 Å². The number of urea groups is 1. The smallest absolute Gasteiger partial charge is 0.314 e. The number of amides is 3. The molecule has 0 saturated carbocycles. The lowest BCUT2D eigenvalue weighted by atomic mass is 9.97. The Hall–Kier alpha value is -1.60. The Morgan fingerprint density at radius 1 is 1.39 bits per heavy atom. The molecule has 3 amide bonds. The Morgan fingerprint density at radius 2 is 2.13 bits per heavy atom. The summed E-state index contributed by atoms with van der Waals surface area (Å²) >= 11 is 1.72. The van der Waals surface area contributed by atoms with Crippen molar-refractivity contribution in [3.8, 4) is 0 Å². The highest BCUT2D eigenvalue weighted by Gasteiger charge is 2.25. The molecule has 2 rings (SSSR count). The summed E-state index contributed by atoms with van der Waals surface area (Å²) < 4.78 is 0. The molecule has 0 aliphatic carbocycles. The lowest BCUT2D eigenvalue weighted by molar-refractivity contribution is -0.117. The maximum absolute atomic E-state index is 11.8. The summed E-state index contributed by atoms with van der Waals surface area (Å²) in [4.78, 5) is 26.3. The molecule has 1 saturated heterocycles. The van der Waals surface area contributed by atoms with E-state index in [0.29, 0.717) is 6.54 Å². The van der Waals surface area contributed by atoms with Crippen LogP contribution in [-0.4, -0.2) is 43.0 Å². The molecular weight excluding hydrogens is 312 g/mol. The summed E-state index contributed by atoms with van der Waals surface area (Å²) in [7, 11) is 0. The number of hydrogen-bond acceptors (Lipinski definition) is 4. The number of thiophene rings is 1. The number of likely N-dealkylation sites (tertiary alicyclic amines) is 1. The second-order valence-corrected chi connectivity index (χ2v) is 7.08. The topological polar surface area (TPSA) is 87.5 Å². The first-order valence-electron chi connectivity index (χ1n) is 8.13. The highest BCUT2D eigenvalue weighted by Crippen LogP contribution is 2.28. The quantitative estimate of drug-likeness (QED) is 0.707. The molecule has 1 aliphatic heterocycles. The first-order valence-corrected chi connectivity index (χ1v) is 9.01. The van der Waals surface area contributed by atoms with Gasteiger partial charge in [-0.05, 0) is 43.3 Å². The largest absolute Gasteiger partial charge is 0.370 e. The van der Waals surface area contributed by atoms with Crippen LogP contribution in [0.15, 0.2) is 17.5 Å². The average molecular weight is 338 g/mol. The Bertz CT molecular complexity index is 498. The van der Waals surface area contributed by atoms with E-state index < -0.39 is 5.91 Å². The zero-order valence-electron chi connectivity index (χ0n) is 13.6. The maximum Gasteiger partial charge on any atom is 0.314 e. The van der Waals surface area contributed by atoms with Crippen molar-refractivity contribution in [1.29, 1.82) is 0 Å². The van der Waals surface area contributed by atoms with Gasteiger partial charge in [-0.1, -0.05) is 13.0 Å². The molecule has 128 valence electrons. The van der Waals surface area contributed by atoms with E-state index in [1.807, 2.05) is 6.07 Å². The average Bonchev–Trinajstić information content (AvgIpc) is 3.03. The van der Waals surface area contributed by atoms with Gasteiger partial charge in [-0.25, -0.2) is 4.79 Å². The minimum atomic E-state index is -0.413. The van der Waals surface area contributed by atoms with Gasteiger partial charge in [0.1, 0.15) is 0 Å². The molecule has 0 bridgehead atoms. The minimum Gasteiger partial charge on any atom is -0.370 e. The number of nitrogens with zero attached hydrogens (tertiary/aromatic N) is 1. The van der Waals surface area contributed by atoms with Gasteiger partial charge in [-0.15, -0.1) is 11.3 Å². The van der Waals surface area contributed by atoms with Crippen molar-refractivity contribution in [3.63, 3.8) is 0 Å². The second-order valence-electron chi connectivity index (χ2n) is 6.10. The Balaban J connectivity index is 1.86. The number of carbonyl (C=O) groups is 2. The van der Waals surface area contributed by atoms with Crippen LogP contribution in [0.1, 0.15) is 37.1 Å². The third-order valence-electron chi connectivity index (χ3n) is 4.24. The van der Waals surface area contributed by atoms with Crippen LogP contribution in [0.5, 0.6) is 0 Å². The van der Waals surface area contributed by atoms with Crippen LogP contribution < -0.4 is 16.4 Å². The number of hydrogen-bond donors (Lipinski definition) is 3. The molecule has 2 heterocycles. The lowest BCUT2D eigenvalue weighted by Crippen LogP contribution is -2.44. The Morgan fingerprint density at radius 3 is 2.74 bits per heavy atom. The van der Waals surface area contributed by atoms with Crippen LogP contribution in [0.25, 0.3) is 0 Å². The SMILES string of the molecule is CC1CCN(C(CNC(=O)NCCC(N)=O)c2cccs2)CC1. The molecule has 1 unspecified atom stereocenters. The van der Waals surface area contributed by atoms with Gasteiger partial charge in [0.25, 0.3) is 0 Å². The zero-order valence-corrected chi connectivity index (χ0v) is 14.4. The summed E-state index contributed by atoms with van der Waals surface area (Å²) in [6.07, 6.45) is 2.56. The van der Waals surface area contributed by atoms with Crippen LogP contribution in [0.4, 0.5) is 4.79 Å². The molecule has 1 aromatic heterocycles. The molecular formula is C16H26N4O2S. The number of nitrogens with two attached hydrogens (primary N) is 1. The van der Waals surface area contributed by atoms with E-state index in [-0.39, 0.29) is 25.0 Å². The fraction of sp³-hybridized carbons (Fsp3) is 0.625. The summed E-state index contributed by atoms with van der Waals surface area (Å²) in [5, 5.41) is 7.65. The molecule has 1 aliphatic rings. The van der Waals surface area contributed by atoms with Crippen molar-refractivity contribution in [1.82, 2.24) is 15.5 Å². The van der Waals surface area contributed by atoms with E-state index in [2.05, 4.69) is 33.9 Å². The van der Waals surface area contributed by atoms with Crippen LogP contribution in [0.2, 0.25) is 0 Å². The maximum atomic E-state index is 11.8. The molecule has 1 aromatic rings. The van der Waals surface area contributed by atoms with E-state index in [1.54, 1.807) is 11.3 Å². The highest BCUT2D eigenvalue weighted by molar-refractivity contribution is 7.10. The van der Waals surface area contributed by atoms with Crippen molar-refractivity contribution in [2.75, 3.05) is 26.2 Å². The molecule has 7 heteroatoms. The summed E-state index contributed by atoms with van der Waals surface area (Å²) in [6.45, 7) is 5.26. The normalized spacial score (nSPS) is 17.6. The molecule has 4 N–H and O–H groups in total. The first kappa shape index (κ1) is 17.7. The van der Waals surface area contributed by atoms with Crippen molar-refractivity contribution >= 4 is 23.3 Å². The van der Waals surface area contributed by atoms with Gasteiger partial charge in [-0.2, -0.15) is 0 Å². The molecule has 0 spiro atoms. The lowest BCUT2D eigenvalue weighted by Gasteiger charge is -2.36. The van der Waals surface area contributed by atoms with Gasteiger partial charge >= 0.3 is 6.03 Å². The molecule has 1 atom stereocenters.